The second kappa shape index (κ2) is 8.12. The molecule has 3 rings (SSSR count). The number of aromatic nitrogens is 1. The maximum atomic E-state index is 12.3. The van der Waals surface area contributed by atoms with Crippen LogP contribution in [0.15, 0.2) is 60.8 Å². The molecule has 0 aliphatic rings. The lowest BCUT2D eigenvalue weighted by Gasteiger charge is -2.08. The summed E-state index contributed by atoms with van der Waals surface area (Å²) in [5, 5.41) is 4.19. The van der Waals surface area contributed by atoms with Crippen molar-refractivity contribution in [3.63, 3.8) is 0 Å². The molecule has 0 aliphatic carbocycles. The quantitative estimate of drug-likeness (QED) is 0.662. The summed E-state index contributed by atoms with van der Waals surface area (Å²) in [6, 6.07) is 17.7. The van der Waals surface area contributed by atoms with Gasteiger partial charge in [-0.3, -0.25) is 9.00 Å². The first kappa shape index (κ1) is 17.4. The topological polar surface area (TPSA) is 51.1 Å². The molecule has 1 amide bonds. The number of para-hydroxylation sites is 1. The molecule has 1 atom stereocenters. The smallest absolute Gasteiger partial charge is 0.251 e. The van der Waals surface area contributed by atoms with Crippen LogP contribution < -0.4 is 5.32 Å². The number of carbonyl (C=O) groups excluding carboxylic acids is 1. The van der Waals surface area contributed by atoms with E-state index >= 15 is 0 Å². The first-order valence-electron chi connectivity index (χ1n) is 8.34. The molecule has 5 heteroatoms. The first-order chi connectivity index (χ1) is 12.1. The van der Waals surface area contributed by atoms with Crippen molar-refractivity contribution in [1.82, 2.24) is 9.88 Å². The minimum Gasteiger partial charge on any atom is -0.352 e. The Kier molecular flexibility index (Phi) is 5.66. The Morgan fingerprint density at radius 1 is 1.12 bits per heavy atom. The highest BCUT2D eigenvalue weighted by Gasteiger charge is 2.07. The molecular weight excluding hydrogens is 332 g/mol. The van der Waals surface area contributed by atoms with Gasteiger partial charge in [-0.1, -0.05) is 30.3 Å². The second-order valence-electron chi connectivity index (χ2n) is 6.10. The van der Waals surface area contributed by atoms with Gasteiger partial charge in [-0.2, -0.15) is 0 Å². The molecule has 1 heterocycles. The van der Waals surface area contributed by atoms with Crippen molar-refractivity contribution in [2.45, 2.75) is 18.7 Å². The summed E-state index contributed by atoms with van der Waals surface area (Å²) in [7, 11) is -0.908. The third-order valence-corrected chi connectivity index (χ3v) is 4.84. The number of nitrogens with zero attached hydrogens (tertiary/aromatic N) is 1. The van der Waals surface area contributed by atoms with Crippen LogP contribution >= 0.6 is 0 Å². The van der Waals surface area contributed by atoms with Gasteiger partial charge in [-0.25, -0.2) is 0 Å². The largest absolute Gasteiger partial charge is 0.352 e. The van der Waals surface area contributed by atoms with Crippen LogP contribution in [0, 0.1) is 0 Å². The molecule has 1 aromatic heterocycles. The van der Waals surface area contributed by atoms with Crippen molar-refractivity contribution in [3.8, 4) is 0 Å². The van der Waals surface area contributed by atoms with Crippen LogP contribution in [0.2, 0.25) is 0 Å². The minimum atomic E-state index is -0.908. The van der Waals surface area contributed by atoms with E-state index in [1.54, 1.807) is 12.3 Å². The molecule has 1 N–H and O–H groups in total. The summed E-state index contributed by atoms with van der Waals surface area (Å²) in [4.78, 5) is 12.3. The van der Waals surface area contributed by atoms with Crippen molar-refractivity contribution in [3.05, 3.63) is 71.9 Å². The van der Waals surface area contributed by atoms with E-state index in [4.69, 9.17) is 0 Å². The van der Waals surface area contributed by atoms with E-state index in [1.165, 1.54) is 10.9 Å². The van der Waals surface area contributed by atoms with Crippen molar-refractivity contribution >= 4 is 27.6 Å². The summed E-state index contributed by atoms with van der Waals surface area (Å²) in [6.45, 7) is 1.48. The molecule has 4 nitrogen and oxygen atoms in total. The van der Waals surface area contributed by atoms with E-state index in [-0.39, 0.29) is 5.91 Å². The number of rotatable bonds is 7. The third kappa shape index (κ3) is 4.57. The standard InChI is InChI=1S/C20H22N2O2S/c1-25(24)15-16-6-4-8-18(14-16)20(23)21-11-5-12-22-13-10-17-7-2-3-9-19(17)22/h2-4,6-10,13-14H,5,11-12,15H2,1H3,(H,21,23). The van der Waals surface area contributed by atoms with Gasteiger partial charge >= 0.3 is 0 Å². The number of nitrogens with one attached hydrogen (secondary N) is 1. The number of benzene rings is 2. The van der Waals surface area contributed by atoms with E-state index in [9.17, 15) is 9.00 Å². The number of fused-ring (bicyclic) bond motifs is 1. The highest BCUT2D eigenvalue weighted by molar-refractivity contribution is 7.83. The van der Waals surface area contributed by atoms with E-state index < -0.39 is 10.8 Å². The van der Waals surface area contributed by atoms with E-state index in [0.717, 1.165) is 18.5 Å². The summed E-state index contributed by atoms with van der Waals surface area (Å²) in [6.07, 6.45) is 4.61. The third-order valence-electron chi connectivity index (χ3n) is 4.10. The molecular formula is C20H22N2O2S. The van der Waals surface area contributed by atoms with Crippen molar-refractivity contribution in [2.24, 2.45) is 0 Å². The Morgan fingerprint density at radius 2 is 1.96 bits per heavy atom. The molecule has 3 aromatic rings. The maximum Gasteiger partial charge on any atom is 0.251 e. The highest BCUT2D eigenvalue weighted by Crippen LogP contribution is 2.15. The zero-order valence-electron chi connectivity index (χ0n) is 14.3. The Labute approximate surface area is 150 Å². The van der Waals surface area contributed by atoms with E-state index in [1.807, 2.05) is 30.3 Å². The molecule has 0 saturated heterocycles. The van der Waals surface area contributed by atoms with Crippen LogP contribution in [0.25, 0.3) is 10.9 Å². The van der Waals surface area contributed by atoms with Crippen LogP contribution in [0.4, 0.5) is 0 Å². The van der Waals surface area contributed by atoms with Crippen LogP contribution in [0.3, 0.4) is 0 Å². The number of aryl methyl sites for hydroxylation is 1. The zero-order valence-corrected chi connectivity index (χ0v) is 15.1. The number of amides is 1. The molecule has 1 unspecified atom stereocenters. The van der Waals surface area contributed by atoms with Crippen LogP contribution in [0.5, 0.6) is 0 Å². The van der Waals surface area contributed by atoms with E-state index in [2.05, 4.69) is 34.3 Å². The summed E-state index contributed by atoms with van der Waals surface area (Å²) < 4.78 is 13.5. The SMILES string of the molecule is CS(=O)Cc1cccc(C(=O)NCCCn2ccc3ccccc32)c1. The summed E-state index contributed by atoms with van der Waals surface area (Å²) >= 11 is 0. The minimum absolute atomic E-state index is 0.0823. The lowest BCUT2D eigenvalue weighted by molar-refractivity contribution is 0.0952. The van der Waals surface area contributed by atoms with Gasteiger partial charge in [0.2, 0.25) is 0 Å². The van der Waals surface area contributed by atoms with Gasteiger partial charge in [0, 0.05) is 53.2 Å². The number of carbonyl (C=O) groups is 1. The Balaban J connectivity index is 1.52. The summed E-state index contributed by atoms with van der Waals surface area (Å²) in [5.74, 6) is 0.392. The molecule has 0 aliphatic heterocycles. The average Bonchev–Trinajstić information content (AvgIpc) is 3.01. The van der Waals surface area contributed by atoms with Gasteiger partial charge in [0.15, 0.2) is 0 Å². The van der Waals surface area contributed by atoms with Crippen molar-refractivity contribution in [1.29, 1.82) is 0 Å². The first-order valence-corrected chi connectivity index (χ1v) is 10.1. The lowest BCUT2D eigenvalue weighted by Crippen LogP contribution is -2.25. The number of hydrogen-bond acceptors (Lipinski definition) is 2. The van der Waals surface area contributed by atoms with Gasteiger partial charge in [0.05, 0.1) is 0 Å². The monoisotopic (exact) mass is 354 g/mol. The summed E-state index contributed by atoms with van der Waals surface area (Å²) in [5.41, 5.74) is 2.76. The number of hydrogen-bond donors (Lipinski definition) is 1. The molecule has 130 valence electrons. The van der Waals surface area contributed by atoms with Gasteiger partial charge in [0.1, 0.15) is 0 Å². The zero-order chi connectivity index (χ0) is 17.6. The highest BCUT2D eigenvalue weighted by atomic mass is 32.2. The lowest BCUT2D eigenvalue weighted by atomic mass is 10.1. The maximum absolute atomic E-state index is 12.3. The average molecular weight is 354 g/mol. The van der Waals surface area contributed by atoms with Crippen LogP contribution in [0.1, 0.15) is 22.3 Å². The predicted molar refractivity (Wildman–Crippen MR) is 103 cm³/mol. The fourth-order valence-electron chi connectivity index (χ4n) is 2.93. The Morgan fingerprint density at radius 3 is 2.80 bits per heavy atom. The second-order valence-corrected chi connectivity index (χ2v) is 7.53. The fourth-order valence-corrected chi connectivity index (χ4v) is 3.58. The van der Waals surface area contributed by atoms with Gasteiger partial charge in [-0.05, 0) is 41.6 Å². The molecule has 0 saturated carbocycles. The van der Waals surface area contributed by atoms with Crippen LogP contribution in [-0.2, 0) is 23.1 Å². The van der Waals surface area contributed by atoms with Gasteiger partial charge in [-0.15, -0.1) is 0 Å². The Hall–Kier alpha value is -2.40. The van der Waals surface area contributed by atoms with Gasteiger partial charge in [0.25, 0.3) is 5.91 Å². The van der Waals surface area contributed by atoms with Gasteiger partial charge < -0.3 is 9.88 Å². The van der Waals surface area contributed by atoms with E-state index in [0.29, 0.717) is 17.9 Å². The molecule has 0 radical (unpaired) electrons. The Bertz CT molecular complexity index is 901. The predicted octanol–water partition coefficient (Wildman–Crippen LogP) is 3.34. The molecule has 25 heavy (non-hydrogen) atoms. The van der Waals surface area contributed by atoms with Crippen molar-refractivity contribution in [2.75, 3.05) is 12.8 Å². The molecule has 0 spiro atoms. The molecule has 2 aromatic carbocycles. The van der Waals surface area contributed by atoms with Crippen LogP contribution in [-0.4, -0.2) is 27.5 Å². The molecule has 0 fully saturated rings. The normalized spacial score (nSPS) is 12.2. The van der Waals surface area contributed by atoms with Crippen molar-refractivity contribution < 1.29 is 9.00 Å². The fraction of sp³-hybridized carbons (Fsp3) is 0.250. The molecule has 0 bridgehead atoms.